The summed E-state index contributed by atoms with van der Waals surface area (Å²) in [5, 5.41) is 0. The standard InChI is InChI=1S/C13H13FO2/c1-16-13-6-5-10(14)8-12(13)9-3-2-4-11(15)7-9/h5-8H,2-4H2,1H3. The van der Waals surface area contributed by atoms with Crippen molar-refractivity contribution in [2.24, 2.45) is 0 Å². The van der Waals surface area contributed by atoms with E-state index in [0.717, 1.165) is 18.4 Å². The molecule has 1 aliphatic rings. The van der Waals surface area contributed by atoms with E-state index >= 15 is 0 Å². The molecule has 0 aromatic heterocycles. The van der Waals surface area contributed by atoms with Gasteiger partial charge in [-0.1, -0.05) is 0 Å². The van der Waals surface area contributed by atoms with Gasteiger partial charge in [0.1, 0.15) is 11.6 Å². The maximum absolute atomic E-state index is 13.2. The van der Waals surface area contributed by atoms with E-state index in [4.69, 9.17) is 4.74 Å². The van der Waals surface area contributed by atoms with Crippen molar-refractivity contribution in [1.29, 1.82) is 0 Å². The van der Waals surface area contributed by atoms with E-state index in [1.165, 1.54) is 12.1 Å². The smallest absolute Gasteiger partial charge is 0.155 e. The van der Waals surface area contributed by atoms with E-state index < -0.39 is 0 Å². The predicted octanol–water partition coefficient (Wildman–Crippen LogP) is 2.97. The molecule has 0 unspecified atom stereocenters. The number of hydrogen-bond donors (Lipinski definition) is 0. The molecule has 0 heterocycles. The highest BCUT2D eigenvalue weighted by Crippen LogP contribution is 2.32. The Morgan fingerprint density at radius 2 is 2.12 bits per heavy atom. The van der Waals surface area contributed by atoms with Gasteiger partial charge in [-0.15, -0.1) is 0 Å². The monoisotopic (exact) mass is 220 g/mol. The summed E-state index contributed by atoms with van der Waals surface area (Å²) in [5.41, 5.74) is 1.56. The molecule has 84 valence electrons. The summed E-state index contributed by atoms with van der Waals surface area (Å²) in [4.78, 5) is 11.3. The lowest BCUT2D eigenvalue weighted by atomic mass is 9.92. The molecular weight excluding hydrogens is 207 g/mol. The fourth-order valence-electron chi connectivity index (χ4n) is 1.94. The van der Waals surface area contributed by atoms with Crippen LogP contribution in [0.3, 0.4) is 0 Å². The van der Waals surface area contributed by atoms with E-state index in [9.17, 15) is 9.18 Å². The quantitative estimate of drug-likeness (QED) is 0.765. The minimum atomic E-state index is -0.310. The van der Waals surface area contributed by atoms with Crippen LogP contribution in [0.15, 0.2) is 24.3 Å². The maximum atomic E-state index is 13.2. The summed E-state index contributed by atoms with van der Waals surface area (Å²) in [5.74, 6) is 0.407. The number of allylic oxidation sites excluding steroid dienone is 2. The number of ether oxygens (including phenoxy) is 1. The van der Waals surface area contributed by atoms with Crippen LogP contribution in [0.5, 0.6) is 5.75 Å². The van der Waals surface area contributed by atoms with Crippen LogP contribution in [0.25, 0.3) is 5.57 Å². The van der Waals surface area contributed by atoms with Crippen molar-refractivity contribution in [3.8, 4) is 5.75 Å². The molecule has 0 aliphatic heterocycles. The minimum absolute atomic E-state index is 0.104. The highest BCUT2D eigenvalue weighted by molar-refractivity contribution is 5.98. The number of hydrogen-bond acceptors (Lipinski definition) is 2. The first-order chi connectivity index (χ1) is 7.70. The van der Waals surface area contributed by atoms with Gasteiger partial charge in [-0.3, -0.25) is 4.79 Å². The topological polar surface area (TPSA) is 26.3 Å². The Kier molecular flexibility index (Phi) is 3.04. The summed E-state index contributed by atoms with van der Waals surface area (Å²) >= 11 is 0. The fourth-order valence-corrected chi connectivity index (χ4v) is 1.94. The number of methoxy groups -OCH3 is 1. The highest BCUT2D eigenvalue weighted by atomic mass is 19.1. The van der Waals surface area contributed by atoms with Crippen LogP contribution >= 0.6 is 0 Å². The van der Waals surface area contributed by atoms with Crippen molar-refractivity contribution in [2.75, 3.05) is 7.11 Å². The summed E-state index contributed by atoms with van der Waals surface area (Å²) < 4.78 is 18.3. The van der Waals surface area contributed by atoms with Gasteiger partial charge >= 0.3 is 0 Å². The van der Waals surface area contributed by atoms with E-state index in [1.807, 2.05) is 0 Å². The third-order valence-corrected chi connectivity index (χ3v) is 2.71. The van der Waals surface area contributed by atoms with Gasteiger partial charge in [0, 0.05) is 12.0 Å². The molecule has 2 rings (SSSR count). The molecular formula is C13H13FO2. The lowest BCUT2D eigenvalue weighted by Gasteiger charge is -2.15. The Labute approximate surface area is 93.7 Å². The molecule has 0 radical (unpaired) electrons. The molecule has 1 aromatic carbocycles. The number of rotatable bonds is 2. The number of ketones is 1. The van der Waals surface area contributed by atoms with Crippen molar-refractivity contribution < 1.29 is 13.9 Å². The van der Waals surface area contributed by atoms with Gasteiger partial charge in [-0.2, -0.15) is 0 Å². The van der Waals surface area contributed by atoms with E-state index in [-0.39, 0.29) is 11.6 Å². The Hall–Kier alpha value is -1.64. The summed E-state index contributed by atoms with van der Waals surface area (Å²) in [7, 11) is 1.54. The van der Waals surface area contributed by atoms with Crippen LogP contribution in [0.4, 0.5) is 4.39 Å². The lowest BCUT2D eigenvalue weighted by Crippen LogP contribution is -2.03. The Morgan fingerprint density at radius 1 is 1.31 bits per heavy atom. The van der Waals surface area contributed by atoms with Gasteiger partial charge in [0.15, 0.2) is 5.78 Å². The largest absolute Gasteiger partial charge is 0.496 e. The molecule has 0 bridgehead atoms. The van der Waals surface area contributed by atoms with E-state index in [2.05, 4.69) is 0 Å². The number of benzene rings is 1. The molecule has 0 amide bonds. The zero-order valence-corrected chi connectivity index (χ0v) is 9.13. The molecule has 0 spiro atoms. The van der Waals surface area contributed by atoms with Crippen molar-refractivity contribution in [2.45, 2.75) is 19.3 Å². The van der Waals surface area contributed by atoms with Gasteiger partial charge in [0.2, 0.25) is 0 Å². The molecule has 0 N–H and O–H groups in total. The molecule has 0 atom stereocenters. The Morgan fingerprint density at radius 3 is 2.81 bits per heavy atom. The summed E-state index contributed by atoms with van der Waals surface area (Å²) in [6.07, 6.45) is 3.80. The zero-order chi connectivity index (χ0) is 11.5. The van der Waals surface area contributed by atoms with Gasteiger partial charge in [0.05, 0.1) is 7.11 Å². The predicted molar refractivity (Wildman–Crippen MR) is 59.8 cm³/mol. The first kappa shape index (κ1) is 10.9. The minimum Gasteiger partial charge on any atom is -0.496 e. The molecule has 3 heteroatoms. The van der Waals surface area contributed by atoms with Crippen LogP contribution in [0, 0.1) is 5.82 Å². The summed E-state index contributed by atoms with van der Waals surface area (Å²) in [6.45, 7) is 0. The van der Waals surface area contributed by atoms with Gasteiger partial charge in [0.25, 0.3) is 0 Å². The number of halogens is 1. The van der Waals surface area contributed by atoms with Crippen LogP contribution in [0.2, 0.25) is 0 Å². The third kappa shape index (κ3) is 2.13. The van der Waals surface area contributed by atoms with E-state index in [1.54, 1.807) is 19.3 Å². The van der Waals surface area contributed by atoms with Crippen LogP contribution in [-0.2, 0) is 4.79 Å². The average Bonchev–Trinajstić information content (AvgIpc) is 2.29. The molecule has 1 aromatic rings. The average molecular weight is 220 g/mol. The van der Waals surface area contributed by atoms with Crippen molar-refractivity contribution >= 4 is 11.4 Å². The van der Waals surface area contributed by atoms with Crippen molar-refractivity contribution in [3.63, 3.8) is 0 Å². The first-order valence-corrected chi connectivity index (χ1v) is 5.28. The Bertz CT molecular complexity index is 449. The zero-order valence-electron chi connectivity index (χ0n) is 9.13. The second kappa shape index (κ2) is 4.47. The third-order valence-electron chi connectivity index (χ3n) is 2.71. The van der Waals surface area contributed by atoms with Crippen molar-refractivity contribution in [1.82, 2.24) is 0 Å². The second-order valence-electron chi connectivity index (χ2n) is 3.83. The number of carbonyl (C=O) groups is 1. The van der Waals surface area contributed by atoms with Gasteiger partial charge in [-0.25, -0.2) is 4.39 Å². The Balaban J connectivity index is 2.45. The van der Waals surface area contributed by atoms with Gasteiger partial charge in [-0.05, 0) is 42.7 Å². The molecule has 1 aliphatic carbocycles. The summed E-state index contributed by atoms with van der Waals surface area (Å²) in [6, 6.07) is 4.36. The first-order valence-electron chi connectivity index (χ1n) is 5.28. The highest BCUT2D eigenvalue weighted by Gasteiger charge is 2.15. The van der Waals surface area contributed by atoms with Gasteiger partial charge < -0.3 is 4.74 Å². The fraction of sp³-hybridized carbons (Fsp3) is 0.308. The second-order valence-corrected chi connectivity index (χ2v) is 3.83. The van der Waals surface area contributed by atoms with Crippen LogP contribution in [-0.4, -0.2) is 12.9 Å². The van der Waals surface area contributed by atoms with Crippen LogP contribution < -0.4 is 4.74 Å². The molecule has 0 saturated heterocycles. The number of carbonyl (C=O) groups excluding carboxylic acids is 1. The van der Waals surface area contributed by atoms with Crippen LogP contribution in [0.1, 0.15) is 24.8 Å². The molecule has 0 saturated carbocycles. The van der Waals surface area contributed by atoms with Crippen molar-refractivity contribution in [3.05, 3.63) is 35.7 Å². The lowest BCUT2D eigenvalue weighted by molar-refractivity contribution is -0.114. The normalized spacial score (nSPS) is 15.9. The SMILES string of the molecule is COc1ccc(F)cc1C1=CC(=O)CCC1. The van der Waals surface area contributed by atoms with E-state index in [0.29, 0.717) is 17.7 Å². The molecule has 0 fully saturated rings. The maximum Gasteiger partial charge on any atom is 0.155 e. The molecule has 16 heavy (non-hydrogen) atoms. The molecule has 2 nitrogen and oxygen atoms in total.